The Balaban J connectivity index is 1.34. The van der Waals surface area contributed by atoms with E-state index in [-0.39, 0.29) is 60.8 Å². The molecule has 3 atom stereocenters. The van der Waals surface area contributed by atoms with Crippen LogP contribution < -0.4 is 30.7 Å². The summed E-state index contributed by atoms with van der Waals surface area (Å²) < 4.78 is 10.3. The minimum Gasteiger partial charge on any atom is -0.486 e. The highest BCUT2D eigenvalue weighted by Crippen LogP contribution is 2.33. The van der Waals surface area contributed by atoms with Crippen molar-refractivity contribution in [1.82, 2.24) is 21.3 Å². The second kappa shape index (κ2) is 13.6. The van der Waals surface area contributed by atoms with Crippen LogP contribution in [-0.4, -0.2) is 84.6 Å². The third-order valence-corrected chi connectivity index (χ3v) is 7.14. The Morgan fingerprint density at radius 2 is 1.83 bits per heavy atom. The fourth-order valence-electron chi connectivity index (χ4n) is 3.99. The van der Waals surface area contributed by atoms with Crippen LogP contribution in [0.1, 0.15) is 36.0 Å². The van der Waals surface area contributed by atoms with Crippen molar-refractivity contribution >= 4 is 41.9 Å². The van der Waals surface area contributed by atoms with Crippen LogP contribution >= 0.6 is 11.8 Å². The lowest BCUT2D eigenvalue weighted by atomic mass is 10.0. The zero-order chi connectivity index (χ0) is 25.9. The molecule has 13 heteroatoms. The van der Waals surface area contributed by atoms with Crippen molar-refractivity contribution in [2.24, 2.45) is 0 Å². The predicted molar refractivity (Wildman–Crippen MR) is 130 cm³/mol. The summed E-state index contributed by atoms with van der Waals surface area (Å²) in [6.07, 6.45) is 3.48. The van der Waals surface area contributed by atoms with Crippen molar-refractivity contribution in [3.8, 4) is 11.5 Å². The van der Waals surface area contributed by atoms with Gasteiger partial charge in [-0.1, -0.05) is 6.42 Å². The number of carbonyl (C=O) groups is 5. The number of carboxylic acids is 1. The molecular weight excluding hydrogens is 492 g/mol. The number of nitrogens with one attached hydrogen (secondary N) is 4. The Hall–Kier alpha value is -3.48. The smallest absolute Gasteiger partial charge is 0.341 e. The molecule has 3 rings (SSSR count). The Bertz CT molecular complexity index is 975. The van der Waals surface area contributed by atoms with Crippen molar-refractivity contribution in [3.05, 3.63) is 23.8 Å². The molecule has 0 aliphatic carbocycles. The number of amides is 4. The number of thioether (sulfide) groups is 1. The molecule has 12 nitrogen and oxygen atoms in total. The lowest BCUT2D eigenvalue weighted by molar-refractivity contribution is -0.139. The number of hydrogen-bond acceptors (Lipinski definition) is 8. The monoisotopic (exact) mass is 522 g/mol. The summed E-state index contributed by atoms with van der Waals surface area (Å²) in [6, 6.07) is 4.41. The molecule has 2 saturated heterocycles. The minimum absolute atomic E-state index is 0.104. The van der Waals surface area contributed by atoms with Gasteiger partial charge in [0.1, 0.15) is 18.1 Å². The van der Waals surface area contributed by atoms with E-state index in [1.807, 2.05) is 11.8 Å². The number of hydrogen-bond donors (Lipinski definition) is 5. The summed E-state index contributed by atoms with van der Waals surface area (Å²) in [7, 11) is 0. The van der Waals surface area contributed by atoms with E-state index in [0.717, 1.165) is 25.0 Å². The largest absolute Gasteiger partial charge is 0.486 e. The Labute approximate surface area is 212 Å². The van der Waals surface area contributed by atoms with Crippen LogP contribution in [0.2, 0.25) is 0 Å². The number of urea groups is 1. The van der Waals surface area contributed by atoms with Crippen molar-refractivity contribution in [1.29, 1.82) is 0 Å². The number of carboxylic acid groups (broad SMARTS) is 1. The predicted octanol–water partition coefficient (Wildman–Crippen LogP) is 0.300. The van der Waals surface area contributed by atoms with Gasteiger partial charge in [0.15, 0.2) is 12.9 Å². The number of carbonyl (C=O) groups excluding carboxylic acids is 4. The zero-order valence-electron chi connectivity index (χ0n) is 19.6. The summed E-state index contributed by atoms with van der Waals surface area (Å²) in [4.78, 5) is 57.3. The Kier molecular flexibility index (Phi) is 10.2. The third-order valence-electron chi connectivity index (χ3n) is 5.64. The first-order chi connectivity index (χ1) is 17.4. The second-order valence-electron chi connectivity index (χ2n) is 8.33. The van der Waals surface area contributed by atoms with Gasteiger partial charge in [-0.2, -0.15) is 11.8 Å². The van der Waals surface area contributed by atoms with Crippen molar-refractivity contribution < 1.29 is 38.6 Å². The number of ether oxygens (including phenoxy) is 2. The van der Waals surface area contributed by atoms with Gasteiger partial charge in [-0.15, -0.1) is 0 Å². The molecule has 0 unspecified atom stereocenters. The van der Waals surface area contributed by atoms with Crippen LogP contribution in [0.3, 0.4) is 0 Å². The number of rotatable bonds is 15. The van der Waals surface area contributed by atoms with Crippen molar-refractivity contribution in [2.75, 3.05) is 32.1 Å². The second-order valence-corrected chi connectivity index (χ2v) is 9.60. The molecule has 2 heterocycles. The molecule has 196 valence electrons. The van der Waals surface area contributed by atoms with E-state index in [0.29, 0.717) is 18.0 Å². The molecule has 0 spiro atoms. The first kappa shape index (κ1) is 27.1. The highest BCUT2D eigenvalue weighted by molar-refractivity contribution is 8.00. The molecule has 4 amide bonds. The van der Waals surface area contributed by atoms with E-state index in [9.17, 15) is 24.0 Å². The van der Waals surface area contributed by atoms with Crippen LogP contribution in [-0.2, 0) is 14.4 Å². The third kappa shape index (κ3) is 8.33. The lowest BCUT2D eigenvalue weighted by Crippen LogP contribution is -2.36. The van der Waals surface area contributed by atoms with Crippen LogP contribution in [0.25, 0.3) is 0 Å². The van der Waals surface area contributed by atoms with Crippen LogP contribution in [0, 0.1) is 0 Å². The van der Waals surface area contributed by atoms with Gasteiger partial charge in [0.25, 0.3) is 5.91 Å². The maximum Gasteiger partial charge on any atom is 0.341 e. The standard InChI is InChI=1S/C23H30N4O8S/c28-7-8-34-15-9-14(10-16(11-15)35-12-20(30)31)22(32)25-6-5-24-19(29)4-2-1-3-18-21-17(13-36-18)26-23(33)27-21/h7,9-11,17-18,21H,1-6,8,12-13H2,(H,24,29)(H,25,32)(H,30,31)(H2,26,27,33)/t17-,18-,21-/m0/s1. The number of unbranched alkanes of at least 4 members (excludes halogenated alkanes) is 1. The van der Waals surface area contributed by atoms with E-state index >= 15 is 0 Å². The van der Waals surface area contributed by atoms with E-state index in [4.69, 9.17) is 14.6 Å². The normalized spacial score (nSPS) is 20.0. The lowest BCUT2D eigenvalue weighted by Gasteiger charge is -2.16. The van der Waals surface area contributed by atoms with Crippen molar-refractivity contribution in [2.45, 2.75) is 43.0 Å². The molecular formula is C23H30N4O8S. The highest BCUT2D eigenvalue weighted by Gasteiger charge is 2.42. The Morgan fingerprint density at radius 3 is 2.58 bits per heavy atom. The molecule has 1 aromatic rings. The molecule has 2 aliphatic rings. The topological polar surface area (TPSA) is 172 Å². The average molecular weight is 523 g/mol. The average Bonchev–Trinajstić information content (AvgIpc) is 3.40. The minimum atomic E-state index is -1.18. The molecule has 1 aromatic carbocycles. The van der Waals surface area contributed by atoms with E-state index in [2.05, 4.69) is 21.3 Å². The van der Waals surface area contributed by atoms with E-state index in [1.54, 1.807) is 0 Å². The zero-order valence-corrected chi connectivity index (χ0v) is 20.4. The fourth-order valence-corrected chi connectivity index (χ4v) is 5.53. The Morgan fingerprint density at radius 1 is 1.08 bits per heavy atom. The van der Waals surface area contributed by atoms with Gasteiger partial charge in [-0.25, -0.2) is 9.59 Å². The first-order valence-corrected chi connectivity index (χ1v) is 12.7. The number of aldehydes is 1. The highest BCUT2D eigenvalue weighted by atomic mass is 32.2. The summed E-state index contributed by atoms with van der Waals surface area (Å²) in [6.45, 7) is -0.402. The fraction of sp³-hybridized carbons (Fsp3) is 0.522. The number of aliphatic carboxylic acids is 1. The number of fused-ring (bicyclic) bond motifs is 1. The SMILES string of the molecule is O=CCOc1cc(OCC(=O)O)cc(C(=O)NCCNC(=O)CCCC[C@@H]2SC[C@@H]3NC(=O)N[C@@H]32)c1. The summed E-state index contributed by atoms with van der Waals surface area (Å²) >= 11 is 1.85. The maximum atomic E-state index is 12.5. The van der Waals surface area contributed by atoms with E-state index < -0.39 is 18.5 Å². The van der Waals surface area contributed by atoms with Gasteiger partial charge in [0.2, 0.25) is 5.91 Å². The molecule has 36 heavy (non-hydrogen) atoms. The van der Waals surface area contributed by atoms with E-state index in [1.165, 1.54) is 18.2 Å². The van der Waals surface area contributed by atoms with Gasteiger partial charge in [-0.3, -0.25) is 14.4 Å². The first-order valence-electron chi connectivity index (χ1n) is 11.7. The van der Waals surface area contributed by atoms with Gasteiger partial charge in [0.05, 0.1) is 12.1 Å². The molecule has 0 bridgehead atoms. The van der Waals surface area contributed by atoms with Crippen LogP contribution in [0.15, 0.2) is 18.2 Å². The quantitative estimate of drug-likeness (QED) is 0.123. The van der Waals surface area contributed by atoms with Crippen molar-refractivity contribution in [3.63, 3.8) is 0 Å². The molecule has 0 radical (unpaired) electrons. The number of benzene rings is 1. The van der Waals surface area contributed by atoms with Gasteiger partial charge >= 0.3 is 12.0 Å². The molecule has 2 fully saturated rings. The van der Waals surface area contributed by atoms with Gasteiger partial charge < -0.3 is 35.8 Å². The maximum absolute atomic E-state index is 12.5. The molecule has 0 aromatic heterocycles. The summed E-state index contributed by atoms with van der Waals surface area (Å²) in [5.41, 5.74) is 0.158. The molecule has 5 N–H and O–H groups in total. The summed E-state index contributed by atoms with van der Waals surface area (Å²) in [5, 5.41) is 20.4. The molecule has 0 saturated carbocycles. The van der Waals surface area contributed by atoms with Crippen LogP contribution in [0.4, 0.5) is 4.79 Å². The van der Waals surface area contributed by atoms with Gasteiger partial charge in [-0.05, 0) is 25.0 Å². The molecule has 2 aliphatic heterocycles. The van der Waals surface area contributed by atoms with Crippen LogP contribution in [0.5, 0.6) is 11.5 Å². The summed E-state index contributed by atoms with van der Waals surface area (Å²) in [5.74, 6) is -0.555. The van der Waals surface area contributed by atoms with Gasteiger partial charge in [0, 0.05) is 42.1 Å².